The number of carbonyl (C=O) groups excluding carboxylic acids is 1. The first-order valence-corrected chi connectivity index (χ1v) is 16.8. The number of methoxy groups -OCH3 is 1. The molecule has 1 amide bonds. The number of amides is 1. The molecule has 0 unspecified atom stereocenters. The fraction of sp³-hybridized carbons (Fsp3) is 0.485. The molecular formula is C33H42N4O6S. The molecule has 11 heteroatoms. The number of rotatable bonds is 14. The highest BCUT2D eigenvalue weighted by molar-refractivity contribution is 7.93. The Morgan fingerprint density at radius 1 is 1.05 bits per heavy atom. The number of benzene rings is 2. The molecule has 2 heterocycles. The molecule has 0 saturated heterocycles. The van der Waals surface area contributed by atoms with Crippen LogP contribution in [-0.2, 0) is 30.8 Å². The molecule has 44 heavy (non-hydrogen) atoms. The normalized spacial score (nSPS) is 16.2. The van der Waals surface area contributed by atoms with Gasteiger partial charge in [0.25, 0.3) is 15.9 Å². The lowest BCUT2D eigenvalue weighted by atomic mass is 9.98. The van der Waals surface area contributed by atoms with Crippen LogP contribution in [0.25, 0.3) is 11.1 Å². The van der Waals surface area contributed by atoms with Crippen LogP contribution in [0.1, 0.15) is 68.7 Å². The van der Waals surface area contributed by atoms with Gasteiger partial charge in [-0.2, -0.15) is 0 Å². The second-order valence-electron chi connectivity index (χ2n) is 11.5. The third-order valence-electron chi connectivity index (χ3n) is 8.54. The molecule has 10 nitrogen and oxygen atoms in total. The number of amidine groups is 1. The summed E-state index contributed by atoms with van der Waals surface area (Å²) < 4.78 is 45.7. The van der Waals surface area contributed by atoms with Crippen LogP contribution in [0.4, 0.5) is 5.88 Å². The molecule has 0 N–H and O–H groups in total. The number of ether oxygens (including phenoxy) is 2. The zero-order valence-electron chi connectivity index (χ0n) is 26.0. The van der Waals surface area contributed by atoms with E-state index in [0.717, 1.165) is 66.2 Å². The van der Waals surface area contributed by atoms with Crippen LogP contribution in [0.5, 0.6) is 0 Å². The molecule has 2 aliphatic rings. The van der Waals surface area contributed by atoms with E-state index >= 15 is 0 Å². The molecule has 1 aromatic heterocycles. The fourth-order valence-corrected chi connectivity index (χ4v) is 7.44. The van der Waals surface area contributed by atoms with E-state index in [2.05, 4.69) is 12.1 Å². The Labute approximate surface area is 260 Å². The number of aromatic nitrogens is 1. The molecule has 3 aromatic rings. The minimum atomic E-state index is -4.13. The van der Waals surface area contributed by atoms with Crippen LogP contribution >= 0.6 is 0 Å². The van der Waals surface area contributed by atoms with Gasteiger partial charge in [-0.15, -0.1) is 0 Å². The third-order valence-corrected chi connectivity index (χ3v) is 10.3. The summed E-state index contributed by atoms with van der Waals surface area (Å²) in [6.45, 7) is 6.38. The molecule has 1 spiro atoms. The zero-order valence-corrected chi connectivity index (χ0v) is 26.9. The van der Waals surface area contributed by atoms with E-state index in [4.69, 9.17) is 19.0 Å². The van der Waals surface area contributed by atoms with Crippen molar-refractivity contribution >= 4 is 27.7 Å². The molecule has 2 aromatic carbocycles. The summed E-state index contributed by atoms with van der Waals surface area (Å²) in [6.07, 6.45) is 6.54. The highest BCUT2D eigenvalue weighted by Gasteiger charge is 2.49. The summed E-state index contributed by atoms with van der Waals surface area (Å²) in [5.74, 6) is 1.12. The number of aryl methyl sites for hydroxylation is 1. The third kappa shape index (κ3) is 6.31. The van der Waals surface area contributed by atoms with Crippen LogP contribution < -0.4 is 4.31 Å². The van der Waals surface area contributed by atoms with Crippen molar-refractivity contribution < 1.29 is 27.2 Å². The van der Waals surface area contributed by atoms with Crippen molar-refractivity contribution in [3.8, 4) is 11.1 Å². The molecule has 0 radical (unpaired) electrons. The number of nitrogens with zero attached hydrogens (tertiary/aromatic N) is 4. The lowest BCUT2D eigenvalue weighted by Gasteiger charge is -2.24. The minimum absolute atomic E-state index is 0.112. The van der Waals surface area contributed by atoms with Gasteiger partial charge in [0.1, 0.15) is 18.1 Å². The monoisotopic (exact) mass is 622 g/mol. The molecule has 236 valence electrons. The predicted molar refractivity (Wildman–Crippen MR) is 169 cm³/mol. The summed E-state index contributed by atoms with van der Waals surface area (Å²) in [7, 11) is -2.58. The quantitative estimate of drug-likeness (QED) is 0.160. The van der Waals surface area contributed by atoms with Crippen molar-refractivity contribution in [3.63, 3.8) is 0 Å². The highest BCUT2D eigenvalue weighted by atomic mass is 32.2. The van der Waals surface area contributed by atoms with Gasteiger partial charge in [-0.3, -0.25) is 14.7 Å². The largest absolute Gasteiger partial charge is 0.382 e. The van der Waals surface area contributed by atoms with Gasteiger partial charge in [-0.05, 0) is 50.3 Å². The van der Waals surface area contributed by atoms with Gasteiger partial charge in [0.15, 0.2) is 0 Å². The average Bonchev–Trinajstić information content (AvgIpc) is 3.71. The van der Waals surface area contributed by atoms with Crippen LogP contribution in [0.2, 0.25) is 0 Å². The van der Waals surface area contributed by atoms with Gasteiger partial charge in [0.05, 0.1) is 30.3 Å². The standard InChI is InChI=1S/C33H42N4O6S/c1-5-6-13-30-34-33(18-9-10-19-33)32(38)36(30)22-26-14-16-27(17-15-26)28-11-7-8-12-29(28)44(39,40)37(23-42-21-20-41-4)31-24(2)25(3)35-43-31/h7-8,11-12,14-17H,5-6,9-10,13,18-23H2,1-4H3. The van der Waals surface area contributed by atoms with Crippen LogP contribution in [0, 0.1) is 13.8 Å². The Hall–Kier alpha value is -3.54. The Balaban J connectivity index is 1.42. The van der Waals surface area contributed by atoms with E-state index in [-0.39, 0.29) is 30.0 Å². The van der Waals surface area contributed by atoms with E-state index in [1.54, 1.807) is 39.2 Å². The summed E-state index contributed by atoms with van der Waals surface area (Å²) in [6, 6.07) is 14.6. The number of unbranched alkanes of at least 4 members (excludes halogenated alkanes) is 1. The van der Waals surface area contributed by atoms with Gasteiger partial charge in [0, 0.05) is 24.7 Å². The highest BCUT2D eigenvalue weighted by Crippen LogP contribution is 2.40. The van der Waals surface area contributed by atoms with Crippen molar-refractivity contribution in [1.29, 1.82) is 0 Å². The van der Waals surface area contributed by atoms with Gasteiger partial charge < -0.3 is 14.0 Å². The van der Waals surface area contributed by atoms with E-state index < -0.39 is 15.6 Å². The van der Waals surface area contributed by atoms with Crippen molar-refractivity contribution in [2.75, 3.05) is 31.4 Å². The van der Waals surface area contributed by atoms with Crippen molar-refractivity contribution in [1.82, 2.24) is 10.1 Å². The molecule has 0 atom stereocenters. The maximum Gasteiger partial charge on any atom is 0.269 e. The van der Waals surface area contributed by atoms with Crippen LogP contribution in [-0.4, -0.2) is 62.8 Å². The first-order chi connectivity index (χ1) is 21.2. The molecule has 0 bridgehead atoms. The van der Waals surface area contributed by atoms with Crippen LogP contribution in [0.15, 0.2) is 62.9 Å². The number of hydrogen-bond donors (Lipinski definition) is 0. The van der Waals surface area contributed by atoms with Gasteiger partial charge in [0.2, 0.25) is 5.88 Å². The smallest absolute Gasteiger partial charge is 0.269 e. The molecule has 1 aliphatic heterocycles. The maximum absolute atomic E-state index is 14.2. The summed E-state index contributed by atoms with van der Waals surface area (Å²) in [4.78, 5) is 20.6. The molecule has 1 saturated carbocycles. The Morgan fingerprint density at radius 2 is 1.77 bits per heavy atom. The number of carbonyl (C=O) groups is 1. The Kier molecular flexibility index (Phi) is 9.87. The molecular weight excluding hydrogens is 580 g/mol. The molecule has 5 rings (SSSR count). The van der Waals surface area contributed by atoms with E-state index in [1.807, 2.05) is 35.2 Å². The molecule has 1 fully saturated rings. The molecule has 1 aliphatic carbocycles. The number of anilines is 1. The summed E-state index contributed by atoms with van der Waals surface area (Å²) in [5.41, 5.74) is 2.88. The lowest BCUT2D eigenvalue weighted by molar-refractivity contribution is -0.131. The second kappa shape index (κ2) is 13.6. The predicted octanol–water partition coefficient (Wildman–Crippen LogP) is 6.02. The lowest BCUT2D eigenvalue weighted by Crippen LogP contribution is -2.40. The second-order valence-corrected chi connectivity index (χ2v) is 13.4. The van der Waals surface area contributed by atoms with Gasteiger partial charge >= 0.3 is 0 Å². The SMILES string of the molecule is CCCCC1=NC2(CCCC2)C(=O)N1Cc1ccc(-c2ccccc2S(=O)(=O)N(COCCOC)c2onc(C)c2C)cc1. The zero-order chi connectivity index (χ0) is 31.3. The summed E-state index contributed by atoms with van der Waals surface area (Å²) in [5, 5.41) is 3.97. The van der Waals surface area contributed by atoms with Gasteiger partial charge in [-0.25, -0.2) is 12.7 Å². The van der Waals surface area contributed by atoms with E-state index in [1.165, 1.54) is 0 Å². The Morgan fingerprint density at radius 3 is 2.43 bits per heavy atom. The fourth-order valence-electron chi connectivity index (χ4n) is 5.88. The number of hydrogen-bond acceptors (Lipinski definition) is 8. The van der Waals surface area contributed by atoms with Crippen molar-refractivity contribution in [2.45, 2.75) is 82.7 Å². The first-order valence-electron chi connectivity index (χ1n) is 15.3. The van der Waals surface area contributed by atoms with Crippen LogP contribution in [0.3, 0.4) is 0 Å². The topological polar surface area (TPSA) is 115 Å². The minimum Gasteiger partial charge on any atom is -0.382 e. The maximum atomic E-state index is 14.2. The first kappa shape index (κ1) is 31.9. The van der Waals surface area contributed by atoms with E-state index in [0.29, 0.717) is 30.0 Å². The Bertz CT molecular complexity index is 1590. The van der Waals surface area contributed by atoms with Crippen molar-refractivity contribution in [2.24, 2.45) is 4.99 Å². The summed E-state index contributed by atoms with van der Waals surface area (Å²) >= 11 is 0. The van der Waals surface area contributed by atoms with Gasteiger partial charge in [-0.1, -0.05) is 73.8 Å². The number of sulfonamides is 1. The number of aliphatic imine (C=N–C) groups is 1. The van der Waals surface area contributed by atoms with Crippen molar-refractivity contribution in [3.05, 3.63) is 65.4 Å². The van der Waals surface area contributed by atoms with E-state index in [9.17, 15) is 13.2 Å². The average molecular weight is 623 g/mol.